The summed E-state index contributed by atoms with van der Waals surface area (Å²) in [5.74, 6) is 0.900. The Labute approximate surface area is 196 Å². The lowest BCUT2D eigenvalue weighted by Gasteiger charge is -2.09. The molecule has 6 nitrogen and oxygen atoms in total. The quantitative estimate of drug-likeness (QED) is 0.233. The van der Waals surface area contributed by atoms with Crippen LogP contribution < -0.4 is 19.5 Å². The normalized spacial score (nSPS) is 10.3. The Kier molecular flexibility index (Phi) is 8.36. The molecule has 0 radical (unpaired) electrons. The van der Waals surface area contributed by atoms with Crippen molar-refractivity contribution in [1.82, 2.24) is 0 Å². The molecule has 0 saturated heterocycles. The van der Waals surface area contributed by atoms with Crippen molar-refractivity contribution in [2.45, 2.75) is 12.8 Å². The van der Waals surface area contributed by atoms with Gasteiger partial charge in [0.15, 0.2) is 0 Å². The number of carbonyl (C=O) groups is 2. The molecule has 166 valence electrons. The third-order valence-corrected chi connectivity index (χ3v) is 4.90. The monoisotopic (exact) mass is 473 g/mol. The molecular formula is C24H21Cl2NO5. The number of amides is 1. The number of rotatable bonds is 9. The molecule has 0 fully saturated rings. The molecule has 0 atom stereocenters. The number of hydrogen-bond donors (Lipinski definition) is 1. The van der Waals surface area contributed by atoms with Gasteiger partial charge in [0.05, 0.1) is 18.7 Å². The second-order valence-corrected chi connectivity index (χ2v) is 7.55. The first-order valence-corrected chi connectivity index (χ1v) is 10.5. The van der Waals surface area contributed by atoms with E-state index in [1.54, 1.807) is 73.8 Å². The molecular weight excluding hydrogens is 453 g/mol. The van der Waals surface area contributed by atoms with Gasteiger partial charge in [-0.25, -0.2) is 0 Å². The minimum atomic E-state index is -0.397. The van der Waals surface area contributed by atoms with E-state index in [1.165, 1.54) is 0 Å². The minimum Gasteiger partial charge on any atom is -0.497 e. The van der Waals surface area contributed by atoms with Gasteiger partial charge in [0, 0.05) is 22.7 Å². The Balaban J connectivity index is 1.43. The average Bonchev–Trinajstić information content (AvgIpc) is 2.79. The Morgan fingerprint density at radius 2 is 1.59 bits per heavy atom. The van der Waals surface area contributed by atoms with Crippen LogP contribution in [0.3, 0.4) is 0 Å². The van der Waals surface area contributed by atoms with Gasteiger partial charge in [0.2, 0.25) is 0 Å². The van der Waals surface area contributed by atoms with E-state index in [9.17, 15) is 9.59 Å². The fourth-order valence-corrected chi connectivity index (χ4v) is 3.19. The van der Waals surface area contributed by atoms with Crippen molar-refractivity contribution in [3.8, 4) is 17.2 Å². The molecule has 0 aliphatic carbocycles. The van der Waals surface area contributed by atoms with Crippen LogP contribution in [-0.2, 0) is 4.79 Å². The SMILES string of the molecule is COc1ccc(NC(=O)c2ccc(OC(=O)CCCOc3ccc(Cl)cc3Cl)cc2)cc1. The van der Waals surface area contributed by atoms with Crippen LogP contribution in [0.4, 0.5) is 5.69 Å². The van der Waals surface area contributed by atoms with Crippen LogP contribution in [0.5, 0.6) is 17.2 Å². The highest BCUT2D eigenvalue weighted by molar-refractivity contribution is 6.35. The molecule has 0 heterocycles. The number of benzene rings is 3. The molecule has 8 heteroatoms. The summed E-state index contributed by atoms with van der Waals surface area (Å²) in [6, 6.07) is 18.3. The van der Waals surface area contributed by atoms with Gasteiger partial charge in [-0.3, -0.25) is 9.59 Å². The first-order valence-electron chi connectivity index (χ1n) is 9.78. The van der Waals surface area contributed by atoms with Crippen LogP contribution in [0, 0.1) is 0 Å². The lowest BCUT2D eigenvalue weighted by molar-refractivity contribution is -0.134. The number of hydrogen-bond acceptors (Lipinski definition) is 5. The van der Waals surface area contributed by atoms with Crippen molar-refractivity contribution < 1.29 is 23.8 Å². The predicted molar refractivity (Wildman–Crippen MR) is 124 cm³/mol. The van der Waals surface area contributed by atoms with E-state index < -0.39 is 5.97 Å². The van der Waals surface area contributed by atoms with E-state index in [0.29, 0.717) is 51.6 Å². The van der Waals surface area contributed by atoms with Gasteiger partial charge < -0.3 is 19.5 Å². The molecule has 3 aromatic rings. The van der Waals surface area contributed by atoms with Crippen molar-refractivity contribution in [3.63, 3.8) is 0 Å². The van der Waals surface area contributed by atoms with Crippen molar-refractivity contribution >= 4 is 40.8 Å². The van der Waals surface area contributed by atoms with Crippen molar-refractivity contribution in [3.05, 3.63) is 82.3 Å². The number of halogens is 2. The zero-order valence-electron chi connectivity index (χ0n) is 17.3. The second kappa shape index (κ2) is 11.4. The number of ether oxygens (including phenoxy) is 3. The van der Waals surface area contributed by atoms with Gasteiger partial charge in [-0.2, -0.15) is 0 Å². The molecule has 0 spiro atoms. The number of carbonyl (C=O) groups excluding carboxylic acids is 2. The van der Waals surface area contributed by atoms with Crippen LogP contribution in [-0.4, -0.2) is 25.6 Å². The zero-order valence-corrected chi connectivity index (χ0v) is 18.8. The van der Waals surface area contributed by atoms with Crippen LogP contribution >= 0.6 is 23.2 Å². The van der Waals surface area contributed by atoms with E-state index in [-0.39, 0.29) is 12.3 Å². The summed E-state index contributed by atoms with van der Waals surface area (Å²) in [7, 11) is 1.58. The molecule has 3 aromatic carbocycles. The predicted octanol–water partition coefficient (Wildman–Crippen LogP) is 6.02. The summed E-state index contributed by atoms with van der Waals surface area (Å²) in [6.07, 6.45) is 0.630. The molecule has 1 amide bonds. The average molecular weight is 474 g/mol. The molecule has 3 rings (SSSR count). The molecule has 32 heavy (non-hydrogen) atoms. The van der Waals surface area contributed by atoms with Gasteiger partial charge in [-0.05, 0) is 73.2 Å². The van der Waals surface area contributed by atoms with Gasteiger partial charge in [-0.1, -0.05) is 23.2 Å². The lowest BCUT2D eigenvalue weighted by Crippen LogP contribution is -2.12. The summed E-state index contributed by atoms with van der Waals surface area (Å²) >= 11 is 11.9. The molecule has 0 saturated carbocycles. The molecule has 0 unspecified atom stereocenters. The minimum absolute atomic E-state index is 0.172. The first-order chi connectivity index (χ1) is 15.4. The smallest absolute Gasteiger partial charge is 0.311 e. The fraction of sp³-hybridized carbons (Fsp3) is 0.167. The van der Waals surface area contributed by atoms with Gasteiger partial charge in [0.25, 0.3) is 5.91 Å². The van der Waals surface area contributed by atoms with E-state index in [2.05, 4.69) is 5.32 Å². The Morgan fingerprint density at radius 3 is 2.25 bits per heavy atom. The van der Waals surface area contributed by atoms with Crippen LogP contribution in [0.15, 0.2) is 66.7 Å². The van der Waals surface area contributed by atoms with Crippen LogP contribution in [0.1, 0.15) is 23.2 Å². The van der Waals surface area contributed by atoms with Crippen LogP contribution in [0.2, 0.25) is 10.0 Å². The summed E-state index contributed by atoms with van der Waals surface area (Å²) in [5, 5.41) is 3.73. The van der Waals surface area contributed by atoms with Crippen molar-refractivity contribution in [2.75, 3.05) is 19.0 Å². The Bertz CT molecular complexity index is 1070. The van der Waals surface area contributed by atoms with Gasteiger partial charge in [-0.15, -0.1) is 0 Å². The van der Waals surface area contributed by atoms with E-state index in [4.69, 9.17) is 37.4 Å². The lowest BCUT2D eigenvalue weighted by atomic mass is 10.2. The van der Waals surface area contributed by atoms with Crippen LogP contribution in [0.25, 0.3) is 0 Å². The Hall–Kier alpha value is -3.22. The fourth-order valence-electron chi connectivity index (χ4n) is 2.73. The molecule has 0 aliphatic heterocycles. The molecule has 0 bridgehead atoms. The van der Waals surface area contributed by atoms with E-state index in [0.717, 1.165) is 0 Å². The topological polar surface area (TPSA) is 73.9 Å². The first kappa shape index (κ1) is 23.4. The highest BCUT2D eigenvalue weighted by atomic mass is 35.5. The third kappa shape index (κ3) is 6.90. The maximum absolute atomic E-state index is 12.4. The third-order valence-electron chi connectivity index (χ3n) is 4.37. The molecule has 0 aliphatic rings. The number of esters is 1. The van der Waals surface area contributed by atoms with E-state index in [1.807, 2.05) is 0 Å². The summed E-state index contributed by atoms with van der Waals surface area (Å²) in [4.78, 5) is 24.4. The maximum Gasteiger partial charge on any atom is 0.311 e. The van der Waals surface area contributed by atoms with E-state index >= 15 is 0 Å². The van der Waals surface area contributed by atoms with Gasteiger partial charge >= 0.3 is 5.97 Å². The number of anilines is 1. The zero-order chi connectivity index (χ0) is 22.9. The molecule has 1 N–H and O–H groups in total. The standard InChI is InChI=1S/C24H21Cl2NO5/c1-30-19-11-7-18(8-12-19)27-24(29)16-4-9-20(10-5-16)32-23(28)3-2-14-31-22-13-6-17(25)15-21(22)26/h4-13,15H,2-3,14H2,1H3,(H,27,29). The maximum atomic E-state index is 12.4. The highest BCUT2D eigenvalue weighted by Crippen LogP contribution is 2.27. The number of methoxy groups -OCH3 is 1. The van der Waals surface area contributed by atoms with Gasteiger partial charge in [0.1, 0.15) is 17.2 Å². The summed E-state index contributed by atoms with van der Waals surface area (Å²) in [6.45, 7) is 0.306. The van der Waals surface area contributed by atoms with Crippen molar-refractivity contribution in [2.24, 2.45) is 0 Å². The second-order valence-electron chi connectivity index (χ2n) is 6.71. The summed E-state index contributed by atoms with van der Waals surface area (Å²) in [5.41, 5.74) is 1.09. The van der Waals surface area contributed by atoms with Crippen molar-refractivity contribution in [1.29, 1.82) is 0 Å². The highest BCUT2D eigenvalue weighted by Gasteiger charge is 2.09. The summed E-state index contributed by atoms with van der Waals surface area (Å²) < 4.78 is 15.9. The number of nitrogens with one attached hydrogen (secondary N) is 1. The largest absolute Gasteiger partial charge is 0.497 e. The molecule has 0 aromatic heterocycles. The Morgan fingerprint density at radius 1 is 0.906 bits per heavy atom.